The molecule has 0 bridgehead atoms. The third-order valence-electron chi connectivity index (χ3n) is 4.23. The summed E-state index contributed by atoms with van der Waals surface area (Å²) < 4.78 is 0. The first-order valence-corrected chi connectivity index (χ1v) is 7.82. The van der Waals surface area contributed by atoms with Crippen LogP contribution in [-0.2, 0) is 0 Å². The molecular weight excluding hydrogens is 246 g/mol. The van der Waals surface area contributed by atoms with Crippen LogP contribution in [0.4, 0.5) is 0 Å². The lowest BCUT2D eigenvalue weighted by atomic mass is 10.0. The lowest BCUT2D eigenvalue weighted by molar-refractivity contribution is 0.0920. The summed E-state index contributed by atoms with van der Waals surface area (Å²) in [6.45, 7) is 10.3. The number of aryl methyl sites for hydroxylation is 2. The van der Waals surface area contributed by atoms with E-state index in [0.29, 0.717) is 18.5 Å². The van der Waals surface area contributed by atoms with Gasteiger partial charge in [0.25, 0.3) is 0 Å². The number of hydrogen-bond acceptors (Lipinski definition) is 2. The van der Waals surface area contributed by atoms with E-state index in [1.807, 2.05) is 12.1 Å². The molecule has 0 amide bonds. The molecule has 0 heterocycles. The average Bonchev–Trinajstić information content (AvgIpc) is 3.21. The van der Waals surface area contributed by atoms with Crippen molar-refractivity contribution in [2.24, 2.45) is 5.92 Å². The van der Waals surface area contributed by atoms with Gasteiger partial charge in [-0.15, -0.1) is 0 Å². The van der Waals surface area contributed by atoms with E-state index in [1.54, 1.807) is 0 Å². The summed E-state index contributed by atoms with van der Waals surface area (Å²) in [4.78, 5) is 14.8. The number of carbonyl (C=O) groups excluding carboxylic acids is 1. The second-order valence-electron chi connectivity index (χ2n) is 6.61. The number of hydrogen-bond donors (Lipinski definition) is 0. The fourth-order valence-corrected chi connectivity index (χ4v) is 2.45. The van der Waals surface area contributed by atoms with Gasteiger partial charge >= 0.3 is 0 Å². The Labute approximate surface area is 123 Å². The number of benzene rings is 1. The first-order chi connectivity index (χ1) is 9.47. The van der Waals surface area contributed by atoms with Crippen molar-refractivity contribution in [1.82, 2.24) is 4.90 Å². The van der Waals surface area contributed by atoms with Crippen molar-refractivity contribution in [1.29, 1.82) is 0 Å². The molecule has 2 rings (SSSR count). The summed E-state index contributed by atoms with van der Waals surface area (Å²) in [6, 6.07) is 6.71. The molecule has 0 spiro atoms. The van der Waals surface area contributed by atoms with Gasteiger partial charge in [-0.2, -0.15) is 0 Å². The molecule has 1 saturated carbocycles. The fourth-order valence-electron chi connectivity index (χ4n) is 2.45. The SMILES string of the molecule is Cc1ccc(C(=O)CN(CCC(C)C)C2CC2)cc1C. The summed E-state index contributed by atoms with van der Waals surface area (Å²) in [5.41, 5.74) is 3.32. The Hall–Kier alpha value is -1.15. The van der Waals surface area contributed by atoms with Gasteiger partial charge in [0, 0.05) is 11.6 Å². The molecule has 0 atom stereocenters. The van der Waals surface area contributed by atoms with E-state index < -0.39 is 0 Å². The fraction of sp³-hybridized carbons (Fsp3) is 0.611. The van der Waals surface area contributed by atoms with Gasteiger partial charge in [0.2, 0.25) is 0 Å². The molecule has 0 aromatic heterocycles. The van der Waals surface area contributed by atoms with E-state index in [-0.39, 0.29) is 5.78 Å². The second kappa shape index (κ2) is 6.53. The lowest BCUT2D eigenvalue weighted by Gasteiger charge is -2.22. The van der Waals surface area contributed by atoms with Crippen molar-refractivity contribution >= 4 is 5.78 Å². The molecule has 2 nitrogen and oxygen atoms in total. The van der Waals surface area contributed by atoms with E-state index in [9.17, 15) is 4.79 Å². The van der Waals surface area contributed by atoms with E-state index in [0.717, 1.165) is 12.1 Å². The van der Waals surface area contributed by atoms with Crippen LogP contribution in [0.2, 0.25) is 0 Å². The Morgan fingerprint density at radius 3 is 2.50 bits per heavy atom. The van der Waals surface area contributed by atoms with Crippen LogP contribution in [0.25, 0.3) is 0 Å². The topological polar surface area (TPSA) is 20.3 Å². The third kappa shape index (κ3) is 4.17. The maximum Gasteiger partial charge on any atom is 0.176 e. The minimum absolute atomic E-state index is 0.267. The van der Waals surface area contributed by atoms with Gasteiger partial charge in [-0.3, -0.25) is 9.69 Å². The summed E-state index contributed by atoms with van der Waals surface area (Å²) in [7, 11) is 0. The van der Waals surface area contributed by atoms with Crippen molar-refractivity contribution in [2.75, 3.05) is 13.1 Å². The van der Waals surface area contributed by atoms with E-state index in [2.05, 4.69) is 38.7 Å². The van der Waals surface area contributed by atoms with Gasteiger partial charge < -0.3 is 0 Å². The largest absolute Gasteiger partial charge is 0.293 e. The van der Waals surface area contributed by atoms with Crippen LogP contribution in [0.5, 0.6) is 0 Å². The summed E-state index contributed by atoms with van der Waals surface area (Å²) in [5.74, 6) is 0.969. The van der Waals surface area contributed by atoms with Crippen LogP contribution in [0, 0.1) is 19.8 Å². The Balaban J connectivity index is 1.98. The van der Waals surface area contributed by atoms with Crippen LogP contribution in [0.15, 0.2) is 18.2 Å². The van der Waals surface area contributed by atoms with Crippen LogP contribution in [0.3, 0.4) is 0 Å². The number of rotatable bonds is 7. The Morgan fingerprint density at radius 1 is 1.25 bits per heavy atom. The maximum absolute atomic E-state index is 12.5. The summed E-state index contributed by atoms with van der Waals surface area (Å²) in [5, 5.41) is 0. The molecular formula is C18H27NO. The molecule has 0 aliphatic heterocycles. The Morgan fingerprint density at radius 2 is 1.95 bits per heavy atom. The first kappa shape index (κ1) is 15.2. The zero-order valence-corrected chi connectivity index (χ0v) is 13.3. The minimum atomic E-state index is 0.267. The highest BCUT2D eigenvalue weighted by atomic mass is 16.1. The van der Waals surface area contributed by atoms with Crippen molar-refractivity contribution in [3.63, 3.8) is 0 Å². The van der Waals surface area contributed by atoms with Gasteiger partial charge in [0.05, 0.1) is 6.54 Å². The number of carbonyl (C=O) groups is 1. The highest BCUT2D eigenvalue weighted by molar-refractivity contribution is 5.97. The zero-order valence-electron chi connectivity index (χ0n) is 13.3. The van der Waals surface area contributed by atoms with E-state index in [1.165, 1.54) is 30.4 Å². The molecule has 110 valence electrons. The smallest absolute Gasteiger partial charge is 0.176 e. The second-order valence-corrected chi connectivity index (χ2v) is 6.61. The molecule has 0 unspecified atom stereocenters. The van der Waals surface area contributed by atoms with E-state index >= 15 is 0 Å². The quantitative estimate of drug-likeness (QED) is 0.700. The predicted molar refractivity (Wildman–Crippen MR) is 84.3 cm³/mol. The van der Waals surface area contributed by atoms with Gasteiger partial charge in [-0.25, -0.2) is 0 Å². The summed E-state index contributed by atoms with van der Waals surface area (Å²) >= 11 is 0. The molecule has 0 N–H and O–H groups in total. The normalized spacial score (nSPS) is 15.1. The van der Waals surface area contributed by atoms with Crippen molar-refractivity contribution in [2.45, 2.75) is 53.0 Å². The van der Waals surface area contributed by atoms with Crippen molar-refractivity contribution in [3.8, 4) is 0 Å². The van der Waals surface area contributed by atoms with Gasteiger partial charge in [0.1, 0.15) is 0 Å². The molecule has 20 heavy (non-hydrogen) atoms. The first-order valence-electron chi connectivity index (χ1n) is 7.82. The monoisotopic (exact) mass is 273 g/mol. The molecule has 0 radical (unpaired) electrons. The maximum atomic E-state index is 12.5. The van der Waals surface area contributed by atoms with Crippen LogP contribution < -0.4 is 0 Å². The van der Waals surface area contributed by atoms with Crippen LogP contribution >= 0.6 is 0 Å². The van der Waals surface area contributed by atoms with Crippen LogP contribution in [-0.4, -0.2) is 29.8 Å². The number of nitrogens with zero attached hydrogens (tertiary/aromatic N) is 1. The van der Waals surface area contributed by atoms with Gasteiger partial charge in [-0.1, -0.05) is 26.0 Å². The molecule has 1 aliphatic rings. The van der Waals surface area contributed by atoms with E-state index in [4.69, 9.17) is 0 Å². The highest BCUT2D eigenvalue weighted by Gasteiger charge is 2.30. The average molecular weight is 273 g/mol. The van der Waals surface area contributed by atoms with Gasteiger partial charge in [0.15, 0.2) is 5.78 Å². The Bertz CT molecular complexity index is 474. The lowest BCUT2D eigenvalue weighted by Crippen LogP contribution is -2.33. The standard InChI is InChI=1S/C18H27NO/c1-13(2)9-10-19(17-7-8-17)12-18(20)16-6-5-14(3)15(4)11-16/h5-6,11,13,17H,7-10,12H2,1-4H3. The Kier molecular flexibility index (Phi) is 4.98. The molecule has 0 saturated heterocycles. The van der Waals surface area contributed by atoms with Crippen LogP contribution in [0.1, 0.15) is 54.6 Å². The number of Topliss-reactive ketones (excluding diaryl/α,β-unsaturated/α-hetero) is 1. The molecule has 2 heteroatoms. The van der Waals surface area contributed by atoms with Gasteiger partial charge in [-0.05, 0) is 62.8 Å². The summed E-state index contributed by atoms with van der Waals surface area (Å²) in [6.07, 6.45) is 3.70. The minimum Gasteiger partial charge on any atom is -0.293 e. The molecule has 1 aromatic rings. The number of ketones is 1. The molecule has 1 aliphatic carbocycles. The van der Waals surface area contributed by atoms with Crippen molar-refractivity contribution < 1.29 is 4.79 Å². The molecule has 1 fully saturated rings. The molecule has 1 aromatic carbocycles. The van der Waals surface area contributed by atoms with Crippen molar-refractivity contribution in [3.05, 3.63) is 34.9 Å². The zero-order chi connectivity index (χ0) is 14.7. The third-order valence-corrected chi connectivity index (χ3v) is 4.23. The predicted octanol–water partition coefficient (Wildman–Crippen LogP) is 4.00. The highest BCUT2D eigenvalue weighted by Crippen LogP contribution is 2.27.